The first-order valence-electron chi connectivity index (χ1n) is 11.4. The Morgan fingerprint density at radius 1 is 0.886 bits per heavy atom. The van der Waals surface area contributed by atoms with Gasteiger partial charge in [-0.2, -0.15) is 0 Å². The van der Waals surface area contributed by atoms with E-state index in [1.54, 1.807) is 26.8 Å². The zero-order valence-electron chi connectivity index (χ0n) is 20.6. The van der Waals surface area contributed by atoms with Gasteiger partial charge in [0.15, 0.2) is 11.5 Å². The Hall–Kier alpha value is -3.98. The third-order valence-electron chi connectivity index (χ3n) is 4.93. The summed E-state index contributed by atoms with van der Waals surface area (Å²) in [6.07, 6.45) is 2.58. The smallest absolute Gasteiger partial charge is 0.205 e. The van der Waals surface area contributed by atoms with Crippen LogP contribution >= 0.6 is 0 Å². The Morgan fingerprint density at radius 3 is 2.09 bits per heavy atom. The SMILES string of the molecule is C=CCOC(CCc1c(O)cc(OCC#CC)c(OCC#CC)c1OCC#CC)c1ccccc1. The van der Waals surface area contributed by atoms with Crippen molar-refractivity contribution in [1.29, 1.82) is 0 Å². The van der Waals surface area contributed by atoms with Crippen molar-refractivity contribution < 1.29 is 24.1 Å². The van der Waals surface area contributed by atoms with E-state index in [0.29, 0.717) is 42.3 Å². The molecule has 0 heterocycles. The zero-order chi connectivity index (χ0) is 25.3. The lowest BCUT2D eigenvalue weighted by atomic mass is 9.99. The Morgan fingerprint density at radius 2 is 1.49 bits per heavy atom. The number of hydrogen-bond donors (Lipinski definition) is 1. The molecular weight excluding hydrogens is 440 g/mol. The Kier molecular flexibility index (Phi) is 12.3. The van der Waals surface area contributed by atoms with Crippen molar-refractivity contribution >= 4 is 0 Å². The number of hydrogen-bond acceptors (Lipinski definition) is 5. The Bertz CT molecular complexity index is 1130. The lowest BCUT2D eigenvalue weighted by molar-refractivity contribution is 0.0675. The van der Waals surface area contributed by atoms with E-state index in [9.17, 15) is 5.11 Å². The molecule has 0 aliphatic heterocycles. The molecule has 0 saturated carbocycles. The summed E-state index contributed by atoms with van der Waals surface area (Å²) in [5, 5.41) is 11.0. The first-order valence-corrected chi connectivity index (χ1v) is 11.4. The summed E-state index contributed by atoms with van der Waals surface area (Å²) in [6.45, 7) is 9.78. The molecular formula is C30H32O5. The van der Waals surface area contributed by atoms with Gasteiger partial charge in [-0.1, -0.05) is 54.2 Å². The third kappa shape index (κ3) is 8.71. The summed E-state index contributed by atoms with van der Waals surface area (Å²) >= 11 is 0. The van der Waals surface area contributed by atoms with E-state index >= 15 is 0 Å². The molecule has 0 aliphatic rings. The highest BCUT2D eigenvalue weighted by atomic mass is 16.5. The van der Waals surface area contributed by atoms with Crippen LogP contribution in [0.25, 0.3) is 0 Å². The maximum absolute atomic E-state index is 11.0. The summed E-state index contributed by atoms with van der Waals surface area (Å²) in [7, 11) is 0. The average molecular weight is 473 g/mol. The summed E-state index contributed by atoms with van der Waals surface area (Å²) in [6, 6.07) is 11.5. The van der Waals surface area contributed by atoms with Crippen LogP contribution in [0.5, 0.6) is 23.0 Å². The largest absolute Gasteiger partial charge is 0.507 e. The van der Waals surface area contributed by atoms with Gasteiger partial charge in [-0.3, -0.25) is 0 Å². The average Bonchev–Trinajstić information content (AvgIpc) is 2.87. The monoisotopic (exact) mass is 472 g/mol. The minimum atomic E-state index is -0.192. The fourth-order valence-electron chi connectivity index (χ4n) is 3.30. The quantitative estimate of drug-likeness (QED) is 0.309. The number of rotatable bonds is 13. The molecule has 0 amide bonds. The van der Waals surface area contributed by atoms with Crippen molar-refractivity contribution in [3.63, 3.8) is 0 Å². The molecule has 182 valence electrons. The lowest BCUT2D eigenvalue weighted by Gasteiger charge is -2.21. The predicted octanol–water partition coefficient (Wildman–Crippen LogP) is 5.48. The molecule has 35 heavy (non-hydrogen) atoms. The normalized spacial score (nSPS) is 10.4. The van der Waals surface area contributed by atoms with Crippen molar-refractivity contribution in [1.82, 2.24) is 0 Å². The fourth-order valence-corrected chi connectivity index (χ4v) is 3.30. The molecule has 1 atom stereocenters. The van der Waals surface area contributed by atoms with Gasteiger partial charge < -0.3 is 24.1 Å². The Balaban J connectivity index is 2.47. The van der Waals surface area contributed by atoms with Crippen molar-refractivity contribution in [3.05, 3.63) is 60.2 Å². The van der Waals surface area contributed by atoms with Gasteiger partial charge in [-0.05, 0) is 39.2 Å². The van der Waals surface area contributed by atoms with E-state index in [4.69, 9.17) is 18.9 Å². The molecule has 0 aliphatic carbocycles. The number of aromatic hydroxyl groups is 1. The maximum Gasteiger partial charge on any atom is 0.205 e. The van der Waals surface area contributed by atoms with Crippen LogP contribution in [-0.2, 0) is 11.2 Å². The van der Waals surface area contributed by atoms with Gasteiger partial charge in [-0.25, -0.2) is 0 Å². The lowest BCUT2D eigenvalue weighted by Crippen LogP contribution is -2.09. The van der Waals surface area contributed by atoms with Crippen LogP contribution in [0.1, 0.15) is 44.4 Å². The number of benzene rings is 2. The molecule has 0 spiro atoms. The second-order valence-corrected chi connectivity index (χ2v) is 7.24. The molecule has 0 radical (unpaired) electrons. The number of phenolic OH excluding ortho intramolecular Hbond substituents is 1. The van der Waals surface area contributed by atoms with Crippen LogP contribution in [0, 0.1) is 35.5 Å². The second kappa shape index (κ2) is 15.8. The fraction of sp³-hybridized carbons (Fsp3) is 0.333. The molecule has 0 saturated heterocycles. The van der Waals surface area contributed by atoms with E-state index < -0.39 is 0 Å². The van der Waals surface area contributed by atoms with Gasteiger partial charge in [0.05, 0.1) is 12.7 Å². The van der Waals surface area contributed by atoms with Crippen LogP contribution in [0.3, 0.4) is 0 Å². The summed E-state index contributed by atoms with van der Waals surface area (Å²) < 4.78 is 23.8. The summed E-state index contributed by atoms with van der Waals surface area (Å²) in [5.74, 6) is 18.1. The van der Waals surface area contributed by atoms with Gasteiger partial charge >= 0.3 is 0 Å². The van der Waals surface area contributed by atoms with Crippen molar-refractivity contribution in [3.8, 4) is 58.5 Å². The molecule has 2 rings (SSSR count). The first kappa shape index (κ1) is 27.3. The molecule has 1 unspecified atom stereocenters. The molecule has 5 heteroatoms. The Labute approximate surface area is 209 Å². The first-order chi connectivity index (χ1) is 17.2. The topological polar surface area (TPSA) is 57.2 Å². The maximum atomic E-state index is 11.0. The van der Waals surface area contributed by atoms with E-state index in [0.717, 1.165) is 5.56 Å². The molecule has 2 aromatic carbocycles. The van der Waals surface area contributed by atoms with E-state index in [1.165, 1.54) is 6.07 Å². The van der Waals surface area contributed by atoms with Crippen molar-refractivity contribution in [2.45, 2.75) is 39.7 Å². The standard InChI is InChI=1S/C30H32O5/c1-5-9-20-33-28-23-26(31)25(29(34-21-10-6-2)30(28)35-22-11-7-3)17-18-27(32-19-8-4)24-15-13-12-14-16-24/h8,12-16,23,27,31H,4,17-22H2,1-3H3. The van der Waals surface area contributed by atoms with E-state index in [2.05, 4.69) is 42.1 Å². The molecule has 0 bridgehead atoms. The molecule has 0 fully saturated rings. The van der Waals surface area contributed by atoms with Gasteiger partial charge in [0.1, 0.15) is 25.6 Å². The second-order valence-electron chi connectivity index (χ2n) is 7.24. The van der Waals surface area contributed by atoms with E-state index in [1.807, 2.05) is 30.3 Å². The van der Waals surface area contributed by atoms with Crippen LogP contribution in [0.2, 0.25) is 0 Å². The van der Waals surface area contributed by atoms with Gasteiger partial charge in [0.2, 0.25) is 5.75 Å². The van der Waals surface area contributed by atoms with E-state index in [-0.39, 0.29) is 31.7 Å². The van der Waals surface area contributed by atoms with Crippen LogP contribution < -0.4 is 14.2 Å². The zero-order valence-corrected chi connectivity index (χ0v) is 20.6. The minimum absolute atomic E-state index is 0.0355. The highest BCUT2D eigenvalue weighted by Crippen LogP contribution is 2.46. The van der Waals surface area contributed by atoms with Gasteiger partial charge in [0.25, 0.3) is 0 Å². The van der Waals surface area contributed by atoms with Gasteiger partial charge in [-0.15, -0.1) is 24.3 Å². The molecule has 0 aromatic heterocycles. The van der Waals surface area contributed by atoms with Crippen molar-refractivity contribution in [2.75, 3.05) is 26.4 Å². The molecule has 1 N–H and O–H groups in total. The van der Waals surface area contributed by atoms with Crippen LogP contribution in [-0.4, -0.2) is 31.5 Å². The minimum Gasteiger partial charge on any atom is -0.507 e. The molecule has 5 nitrogen and oxygen atoms in total. The third-order valence-corrected chi connectivity index (χ3v) is 4.93. The highest BCUT2D eigenvalue weighted by Gasteiger charge is 2.23. The number of ether oxygens (including phenoxy) is 4. The molecule has 2 aromatic rings. The van der Waals surface area contributed by atoms with Crippen LogP contribution in [0.15, 0.2) is 49.1 Å². The van der Waals surface area contributed by atoms with Gasteiger partial charge in [0, 0.05) is 11.6 Å². The highest BCUT2D eigenvalue weighted by molar-refractivity contribution is 5.61. The van der Waals surface area contributed by atoms with Crippen molar-refractivity contribution in [2.24, 2.45) is 0 Å². The predicted molar refractivity (Wildman–Crippen MR) is 139 cm³/mol. The summed E-state index contributed by atoms with van der Waals surface area (Å²) in [4.78, 5) is 0. The summed E-state index contributed by atoms with van der Waals surface area (Å²) in [5.41, 5.74) is 1.63. The number of phenols is 1. The van der Waals surface area contributed by atoms with Crippen LogP contribution in [0.4, 0.5) is 0 Å².